The van der Waals surface area contributed by atoms with E-state index in [4.69, 9.17) is 9.47 Å². The number of nitrogens with zero attached hydrogens (tertiary/aromatic N) is 2. The molecule has 11 heteroatoms. The predicted octanol–water partition coefficient (Wildman–Crippen LogP) is 4.94. The summed E-state index contributed by atoms with van der Waals surface area (Å²) >= 11 is 0. The number of aryl methyl sites for hydroxylation is 1. The fourth-order valence-electron chi connectivity index (χ4n) is 4.39. The Kier molecular flexibility index (Phi) is 8.93. The van der Waals surface area contributed by atoms with Gasteiger partial charge in [-0.05, 0) is 74.8 Å². The van der Waals surface area contributed by atoms with Crippen molar-refractivity contribution in [3.63, 3.8) is 0 Å². The molecule has 0 fully saturated rings. The van der Waals surface area contributed by atoms with Crippen LogP contribution < -0.4 is 20.1 Å². The van der Waals surface area contributed by atoms with Crippen LogP contribution in [0.25, 0.3) is 0 Å². The monoisotopic (exact) mass is 556 g/mol. The first-order valence-corrected chi connectivity index (χ1v) is 12.8. The summed E-state index contributed by atoms with van der Waals surface area (Å²) in [6, 6.07) is 12.0. The number of fused-ring (bicyclic) bond motifs is 1. The van der Waals surface area contributed by atoms with Gasteiger partial charge in [0.2, 0.25) is 5.91 Å². The Labute approximate surface area is 230 Å². The largest absolute Gasteiger partial charge is 0.492 e. The second-order valence-corrected chi connectivity index (χ2v) is 9.81. The van der Waals surface area contributed by atoms with E-state index in [1.807, 2.05) is 37.2 Å². The fourth-order valence-corrected chi connectivity index (χ4v) is 4.39. The van der Waals surface area contributed by atoms with Crippen molar-refractivity contribution in [3.8, 4) is 17.2 Å². The van der Waals surface area contributed by atoms with Gasteiger partial charge < -0.3 is 25.0 Å². The summed E-state index contributed by atoms with van der Waals surface area (Å²) in [4.78, 5) is 30.9. The summed E-state index contributed by atoms with van der Waals surface area (Å²) in [5.74, 6) is -0.120. The molecule has 40 heavy (non-hydrogen) atoms. The SMILES string of the molecule is CNC(=O)c1cc(Oc2ccc3c(c2)CC(C(=O)Nc2cc(OCCN(C)C)cc(C(F)(F)F)c2)CC3)ccn1. The minimum atomic E-state index is -4.59. The van der Waals surface area contributed by atoms with Gasteiger partial charge in [0, 0.05) is 43.5 Å². The second kappa shape index (κ2) is 12.4. The van der Waals surface area contributed by atoms with E-state index in [2.05, 4.69) is 15.6 Å². The van der Waals surface area contributed by atoms with Gasteiger partial charge in [0.15, 0.2) is 0 Å². The van der Waals surface area contributed by atoms with Crippen LogP contribution in [0, 0.1) is 5.92 Å². The Morgan fingerprint density at radius 1 is 1.02 bits per heavy atom. The summed E-state index contributed by atoms with van der Waals surface area (Å²) in [6.45, 7) is 0.736. The third kappa shape index (κ3) is 7.50. The lowest BCUT2D eigenvalue weighted by atomic mass is 9.83. The van der Waals surface area contributed by atoms with Gasteiger partial charge in [0.25, 0.3) is 5.91 Å². The molecule has 2 aromatic carbocycles. The first-order valence-electron chi connectivity index (χ1n) is 12.8. The molecule has 2 amide bonds. The predicted molar refractivity (Wildman–Crippen MR) is 144 cm³/mol. The highest BCUT2D eigenvalue weighted by Crippen LogP contribution is 2.35. The van der Waals surface area contributed by atoms with E-state index in [0.717, 1.165) is 23.3 Å². The molecule has 0 bridgehead atoms. The van der Waals surface area contributed by atoms with E-state index < -0.39 is 17.7 Å². The van der Waals surface area contributed by atoms with Crippen LogP contribution in [0.5, 0.6) is 17.2 Å². The number of hydrogen-bond donors (Lipinski definition) is 2. The number of carbonyl (C=O) groups excluding carboxylic acids is 2. The maximum Gasteiger partial charge on any atom is 0.416 e. The van der Waals surface area contributed by atoms with E-state index in [1.165, 1.54) is 25.4 Å². The van der Waals surface area contributed by atoms with E-state index in [1.54, 1.807) is 6.07 Å². The van der Waals surface area contributed by atoms with Crippen LogP contribution in [0.4, 0.5) is 18.9 Å². The number of halogens is 3. The number of pyridine rings is 1. The number of carbonyl (C=O) groups is 2. The van der Waals surface area contributed by atoms with Crippen molar-refractivity contribution in [2.45, 2.75) is 25.4 Å². The number of amides is 2. The standard InChI is InChI=1S/C29H31F3N4O4/c1-33-28(38)26-17-24(8-9-34-26)40-23-7-6-18-4-5-19(12-20(18)13-23)27(37)35-22-14-21(29(30,31)32)15-25(16-22)39-11-10-36(2)3/h6-9,13-17,19H,4-5,10-12H2,1-3H3,(H,33,38)(H,35,37). The molecule has 1 aromatic heterocycles. The van der Waals surface area contributed by atoms with E-state index in [9.17, 15) is 22.8 Å². The lowest BCUT2D eigenvalue weighted by molar-refractivity contribution is -0.137. The minimum Gasteiger partial charge on any atom is -0.492 e. The lowest BCUT2D eigenvalue weighted by Crippen LogP contribution is -2.28. The van der Waals surface area contributed by atoms with Crippen LogP contribution in [-0.4, -0.2) is 56.0 Å². The van der Waals surface area contributed by atoms with Crippen molar-refractivity contribution in [2.75, 3.05) is 39.6 Å². The molecule has 0 saturated heterocycles. The van der Waals surface area contributed by atoms with Crippen molar-refractivity contribution in [3.05, 3.63) is 77.1 Å². The molecule has 212 valence electrons. The summed E-state index contributed by atoms with van der Waals surface area (Å²) < 4.78 is 52.0. The van der Waals surface area contributed by atoms with E-state index in [-0.39, 0.29) is 35.6 Å². The highest BCUT2D eigenvalue weighted by Gasteiger charge is 2.32. The number of nitrogens with one attached hydrogen (secondary N) is 2. The number of rotatable bonds is 9. The third-order valence-corrected chi connectivity index (χ3v) is 6.51. The lowest BCUT2D eigenvalue weighted by Gasteiger charge is -2.25. The maximum atomic E-state index is 13.5. The first-order chi connectivity index (χ1) is 19.0. The van der Waals surface area contributed by atoms with Crippen molar-refractivity contribution in [1.29, 1.82) is 0 Å². The van der Waals surface area contributed by atoms with Crippen molar-refractivity contribution < 1.29 is 32.2 Å². The summed E-state index contributed by atoms with van der Waals surface area (Å²) in [7, 11) is 5.18. The molecule has 1 atom stereocenters. The molecule has 8 nitrogen and oxygen atoms in total. The van der Waals surface area contributed by atoms with Crippen molar-refractivity contribution in [2.24, 2.45) is 5.92 Å². The molecule has 0 radical (unpaired) electrons. The number of alkyl halides is 3. The van der Waals surface area contributed by atoms with Gasteiger partial charge in [0.1, 0.15) is 29.5 Å². The smallest absolute Gasteiger partial charge is 0.416 e. The Morgan fingerprint density at radius 3 is 2.52 bits per heavy atom. The van der Waals surface area contributed by atoms with Crippen LogP contribution in [0.15, 0.2) is 54.7 Å². The number of likely N-dealkylation sites (N-methyl/N-ethyl adjacent to an activating group) is 1. The number of anilines is 1. The van der Waals surface area contributed by atoms with Crippen molar-refractivity contribution in [1.82, 2.24) is 15.2 Å². The highest BCUT2D eigenvalue weighted by atomic mass is 19.4. The zero-order chi connectivity index (χ0) is 28.9. The van der Waals surface area contributed by atoms with Gasteiger partial charge in [-0.2, -0.15) is 13.2 Å². The molecule has 0 saturated carbocycles. The van der Waals surface area contributed by atoms with E-state index >= 15 is 0 Å². The minimum absolute atomic E-state index is 0.0344. The third-order valence-electron chi connectivity index (χ3n) is 6.51. The van der Waals surface area contributed by atoms with Crippen LogP contribution >= 0.6 is 0 Å². The Bertz CT molecular complexity index is 1380. The number of hydrogen-bond acceptors (Lipinski definition) is 6. The molecule has 1 aliphatic carbocycles. The average Bonchev–Trinajstić information content (AvgIpc) is 2.91. The van der Waals surface area contributed by atoms with Gasteiger partial charge in [-0.1, -0.05) is 6.07 Å². The maximum absolute atomic E-state index is 13.5. The quantitative estimate of drug-likeness (QED) is 0.388. The normalized spacial score (nSPS) is 14.8. The van der Waals surface area contributed by atoms with Crippen LogP contribution in [0.3, 0.4) is 0 Å². The van der Waals surface area contributed by atoms with Crippen LogP contribution in [-0.2, 0) is 23.8 Å². The zero-order valence-corrected chi connectivity index (χ0v) is 22.5. The molecule has 0 spiro atoms. The molecule has 2 N–H and O–H groups in total. The number of aromatic nitrogens is 1. The molecule has 4 rings (SSSR count). The van der Waals surface area contributed by atoms with Crippen LogP contribution in [0.2, 0.25) is 0 Å². The molecular weight excluding hydrogens is 525 g/mol. The summed E-state index contributed by atoms with van der Waals surface area (Å²) in [5.41, 5.74) is 1.35. The topological polar surface area (TPSA) is 92.8 Å². The Morgan fingerprint density at radius 2 is 1.80 bits per heavy atom. The van der Waals surface area contributed by atoms with Crippen LogP contribution in [0.1, 0.15) is 33.6 Å². The second-order valence-electron chi connectivity index (χ2n) is 9.81. The molecular formula is C29H31F3N4O4. The Hall–Kier alpha value is -4.12. The summed E-state index contributed by atoms with van der Waals surface area (Å²) in [6.07, 6.45) is -1.50. The highest BCUT2D eigenvalue weighted by molar-refractivity contribution is 5.93. The fraction of sp³-hybridized carbons (Fsp3) is 0.345. The van der Waals surface area contributed by atoms with Gasteiger partial charge in [-0.15, -0.1) is 0 Å². The molecule has 0 aliphatic heterocycles. The van der Waals surface area contributed by atoms with Gasteiger partial charge in [-0.3, -0.25) is 14.6 Å². The van der Waals surface area contributed by atoms with Gasteiger partial charge in [0.05, 0.1) is 5.56 Å². The molecule has 1 unspecified atom stereocenters. The molecule has 1 aliphatic rings. The molecule has 3 aromatic rings. The average molecular weight is 557 g/mol. The van der Waals surface area contributed by atoms with Crippen molar-refractivity contribution >= 4 is 17.5 Å². The van der Waals surface area contributed by atoms with Gasteiger partial charge in [-0.25, -0.2) is 0 Å². The first kappa shape index (κ1) is 28.9. The number of ether oxygens (including phenoxy) is 2. The zero-order valence-electron chi connectivity index (χ0n) is 22.5. The van der Waals surface area contributed by atoms with E-state index in [0.29, 0.717) is 37.3 Å². The summed E-state index contributed by atoms with van der Waals surface area (Å²) in [5, 5.41) is 5.18. The Balaban J connectivity index is 1.46. The number of benzene rings is 2. The molecule has 1 heterocycles. The van der Waals surface area contributed by atoms with Gasteiger partial charge >= 0.3 is 6.18 Å².